The fraction of sp³-hybridized carbons (Fsp3) is 0.133. The number of nitrogens with zero attached hydrogens (tertiary/aromatic N) is 1. The van der Waals surface area contributed by atoms with E-state index in [1.165, 1.54) is 6.66 Å². The molecule has 21 heavy (non-hydrogen) atoms. The highest BCUT2D eigenvalue weighted by atomic mass is 31.2. The van der Waals surface area contributed by atoms with Crippen molar-refractivity contribution in [2.45, 2.75) is 0 Å². The second kappa shape index (κ2) is 6.34. The molecule has 0 aromatic heterocycles. The van der Waals surface area contributed by atoms with Gasteiger partial charge in [0.25, 0.3) is 0 Å². The van der Waals surface area contributed by atoms with Crippen LogP contribution in [-0.2, 0) is 4.57 Å². The van der Waals surface area contributed by atoms with Crippen LogP contribution in [0, 0.1) is 11.3 Å². The zero-order valence-electron chi connectivity index (χ0n) is 11.6. The minimum absolute atomic E-state index is 0.383. The van der Waals surface area contributed by atoms with E-state index in [0.717, 1.165) is 0 Å². The van der Waals surface area contributed by atoms with Gasteiger partial charge in [-0.25, -0.2) is 4.57 Å². The van der Waals surface area contributed by atoms with Gasteiger partial charge in [0.15, 0.2) is 0 Å². The molecule has 1 unspecified atom stereocenters. The van der Waals surface area contributed by atoms with Gasteiger partial charge in [0, 0.05) is 0 Å². The zero-order valence-corrected chi connectivity index (χ0v) is 12.5. The monoisotopic (exact) mass is 303 g/mol. The molecule has 0 amide bonds. The maximum absolute atomic E-state index is 12.3. The highest BCUT2D eigenvalue weighted by Crippen LogP contribution is 2.45. The van der Waals surface area contributed by atoms with Crippen molar-refractivity contribution in [1.82, 2.24) is 0 Å². The molecule has 0 bridgehead atoms. The minimum atomic E-state index is -3.31. The van der Waals surface area contributed by atoms with Crippen LogP contribution in [0.3, 0.4) is 0 Å². The Morgan fingerprint density at radius 2 is 1.33 bits per heavy atom. The molecule has 0 fully saturated rings. The molecule has 0 radical (unpaired) electrons. The van der Waals surface area contributed by atoms with Crippen LogP contribution in [0.5, 0.6) is 17.2 Å². The molecule has 0 aliphatic rings. The zero-order chi connectivity index (χ0) is 15.3. The average Bonchev–Trinajstić information content (AvgIpc) is 2.48. The Hall–Kier alpha value is -2.44. The summed E-state index contributed by atoms with van der Waals surface area (Å²) in [6, 6.07) is 15.0. The Bertz CT molecular complexity index is 689. The highest BCUT2D eigenvalue weighted by Gasteiger charge is 2.20. The Balaban J connectivity index is 2.06. The van der Waals surface area contributed by atoms with Crippen molar-refractivity contribution in [1.29, 1.82) is 5.26 Å². The molecular weight excluding hydrogens is 289 g/mol. The van der Waals surface area contributed by atoms with E-state index in [0.29, 0.717) is 22.8 Å². The van der Waals surface area contributed by atoms with Gasteiger partial charge in [-0.2, -0.15) is 5.26 Å². The average molecular weight is 303 g/mol. The van der Waals surface area contributed by atoms with Gasteiger partial charge in [0.2, 0.25) is 0 Å². The Morgan fingerprint density at radius 1 is 0.905 bits per heavy atom. The largest absolute Gasteiger partial charge is 0.497 e. The fourth-order valence-corrected chi connectivity index (χ4v) is 2.68. The molecule has 0 N–H and O–H groups in total. The van der Waals surface area contributed by atoms with Gasteiger partial charge < -0.3 is 13.8 Å². The summed E-state index contributed by atoms with van der Waals surface area (Å²) in [5, 5.41) is 8.72. The van der Waals surface area contributed by atoms with Crippen molar-refractivity contribution in [2.24, 2.45) is 0 Å². The van der Waals surface area contributed by atoms with Gasteiger partial charge in [-0.15, -0.1) is 0 Å². The lowest BCUT2D eigenvalue weighted by Gasteiger charge is -2.16. The predicted octanol–water partition coefficient (Wildman–Crippen LogP) is 3.85. The van der Waals surface area contributed by atoms with E-state index in [2.05, 4.69) is 0 Å². The van der Waals surface area contributed by atoms with E-state index in [4.69, 9.17) is 19.0 Å². The Labute approximate surface area is 123 Å². The second-order valence-corrected chi connectivity index (χ2v) is 6.17. The molecule has 0 aliphatic heterocycles. The summed E-state index contributed by atoms with van der Waals surface area (Å²) >= 11 is 0. The van der Waals surface area contributed by atoms with E-state index in [9.17, 15) is 4.57 Å². The smallest absolute Gasteiger partial charge is 0.427 e. The summed E-state index contributed by atoms with van der Waals surface area (Å²) in [5.41, 5.74) is 0.504. The van der Waals surface area contributed by atoms with Gasteiger partial charge in [-0.3, -0.25) is 0 Å². The van der Waals surface area contributed by atoms with Crippen molar-refractivity contribution >= 4 is 7.60 Å². The first-order chi connectivity index (χ1) is 10.0. The SMILES string of the molecule is COc1ccc(OP(C)(=O)Oc2ccc(C#N)cc2)cc1. The van der Waals surface area contributed by atoms with Crippen LogP contribution < -0.4 is 13.8 Å². The van der Waals surface area contributed by atoms with Crippen molar-refractivity contribution in [3.63, 3.8) is 0 Å². The minimum Gasteiger partial charge on any atom is -0.497 e. The molecule has 0 heterocycles. The number of hydrogen-bond donors (Lipinski definition) is 0. The number of benzene rings is 2. The fourth-order valence-electron chi connectivity index (χ4n) is 1.63. The van der Waals surface area contributed by atoms with Crippen LogP contribution in [-0.4, -0.2) is 13.8 Å². The molecule has 108 valence electrons. The normalized spacial score (nSPS) is 12.8. The molecule has 2 aromatic rings. The maximum Gasteiger partial charge on any atom is 0.427 e. The van der Waals surface area contributed by atoms with Gasteiger partial charge in [0.05, 0.1) is 25.4 Å². The molecule has 0 saturated carbocycles. The van der Waals surface area contributed by atoms with E-state index >= 15 is 0 Å². The van der Waals surface area contributed by atoms with E-state index in [1.54, 1.807) is 55.6 Å². The molecule has 0 saturated heterocycles. The molecular formula is C15H14NO4P. The first kappa shape index (κ1) is 15.0. The van der Waals surface area contributed by atoms with Crippen molar-refractivity contribution in [3.8, 4) is 23.3 Å². The van der Waals surface area contributed by atoms with E-state index in [1.807, 2.05) is 6.07 Å². The van der Waals surface area contributed by atoms with Crippen molar-refractivity contribution in [3.05, 3.63) is 54.1 Å². The number of rotatable bonds is 5. The van der Waals surface area contributed by atoms with Crippen LogP contribution in [0.4, 0.5) is 0 Å². The van der Waals surface area contributed by atoms with Crippen LogP contribution in [0.1, 0.15) is 5.56 Å². The molecule has 5 nitrogen and oxygen atoms in total. The van der Waals surface area contributed by atoms with Gasteiger partial charge >= 0.3 is 7.60 Å². The summed E-state index contributed by atoms with van der Waals surface area (Å²) in [6.45, 7) is 1.38. The predicted molar refractivity (Wildman–Crippen MR) is 78.9 cm³/mol. The number of hydrogen-bond acceptors (Lipinski definition) is 5. The quantitative estimate of drug-likeness (QED) is 0.785. The second-order valence-electron chi connectivity index (χ2n) is 4.27. The Morgan fingerprint density at radius 3 is 1.76 bits per heavy atom. The van der Waals surface area contributed by atoms with Gasteiger partial charge in [0.1, 0.15) is 17.2 Å². The molecule has 0 aliphatic carbocycles. The lowest BCUT2D eigenvalue weighted by molar-refractivity contribution is 0.391. The number of methoxy groups -OCH3 is 1. The third kappa shape index (κ3) is 4.27. The van der Waals surface area contributed by atoms with Crippen LogP contribution in [0.15, 0.2) is 48.5 Å². The molecule has 2 aromatic carbocycles. The van der Waals surface area contributed by atoms with E-state index < -0.39 is 7.60 Å². The van der Waals surface area contributed by atoms with Crippen LogP contribution in [0.2, 0.25) is 0 Å². The standard InChI is InChI=1S/C15H14NO4P/c1-18-13-7-9-15(10-8-13)20-21(2,17)19-14-5-3-12(11-16)4-6-14/h3-10H,1-2H3. The first-order valence-electron chi connectivity index (χ1n) is 6.13. The van der Waals surface area contributed by atoms with Crippen LogP contribution >= 0.6 is 7.60 Å². The van der Waals surface area contributed by atoms with Gasteiger partial charge in [-0.1, -0.05) is 0 Å². The third-order valence-electron chi connectivity index (χ3n) is 2.59. The molecule has 1 atom stereocenters. The Kier molecular flexibility index (Phi) is 4.52. The first-order valence-corrected chi connectivity index (χ1v) is 8.12. The van der Waals surface area contributed by atoms with Crippen LogP contribution in [0.25, 0.3) is 0 Å². The number of ether oxygens (including phenoxy) is 1. The maximum atomic E-state index is 12.3. The van der Waals surface area contributed by atoms with Gasteiger partial charge in [-0.05, 0) is 48.5 Å². The number of nitriles is 1. The topological polar surface area (TPSA) is 68.6 Å². The van der Waals surface area contributed by atoms with Crippen molar-refractivity contribution in [2.75, 3.05) is 13.8 Å². The highest BCUT2D eigenvalue weighted by molar-refractivity contribution is 7.53. The molecule has 2 rings (SSSR count). The lowest BCUT2D eigenvalue weighted by atomic mass is 10.2. The summed E-state index contributed by atoms with van der Waals surface area (Å²) < 4.78 is 28.1. The molecule has 6 heteroatoms. The summed E-state index contributed by atoms with van der Waals surface area (Å²) in [4.78, 5) is 0. The summed E-state index contributed by atoms with van der Waals surface area (Å²) in [6.07, 6.45) is 0. The summed E-state index contributed by atoms with van der Waals surface area (Å²) in [7, 11) is -1.74. The van der Waals surface area contributed by atoms with E-state index in [-0.39, 0.29) is 0 Å². The molecule has 0 spiro atoms. The van der Waals surface area contributed by atoms with Crippen molar-refractivity contribution < 1.29 is 18.3 Å². The summed E-state index contributed by atoms with van der Waals surface area (Å²) in [5.74, 6) is 1.49. The third-order valence-corrected chi connectivity index (χ3v) is 3.67. The lowest BCUT2D eigenvalue weighted by Crippen LogP contribution is -1.99.